The molecule has 0 bridgehead atoms. The number of hydrogen-bond donors (Lipinski definition) is 2. The lowest BCUT2D eigenvalue weighted by Crippen LogP contribution is -2.38. The lowest BCUT2D eigenvalue weighted by atomic mass is 10.0. The molecule has 3 N–H and O–H groups in total. The molecule has 1 aromatic carbocycles. The molecule has 1 saturated carbocycles. The largest absolute Gasteiger partial charge is 0.326 e. The van der Waals surface area contributed by atoms with Gasteiger partial charge in [0, 0.05) is 19.1 Å². The van der Waals surface area contributed by atoms with Crippen LogP contribution in [-0.4, -0.2) is 19.1 Å². The number of benzene rings is 1. The van der Waals surface area contributed by atoms with Gasteiger partial charge in [-0.1, -0.05) is 43.7 Å². The van der Waals surface area contributed by atoms with E-state index in [4.69, 9.17) is 5.73 Å². The van der Waals surface area contributed by atoms with Crippen LogP contribution in [0.25, 0.3) is 0 Å². The van der Waals surface area contributed by atoms with Crippen molar-refractivity contribution in [2.45, 2.75) is 45.1 Å². The van der Waals surface area contributed by atoms with Gasteiger partial charge >= 0.3 is 0 Å². The van der Waals surface area contributed by atoms with Crippen LogP contribution in [0.3, 0.4) is 0 Å². The van der Waals surface area contributed by atoms with Crippen molar-refractivity contribution < 1.29 is 0 Å². The van der Waals surface area contributed by atoms with Gasteiger partial charge in [0.15, 0.2) is 0 Å². The maximum absolute atomic E-state index is 6.17. The highest BCUT2D eigenvalue weighted by Gasteiger charge is 2.40. The third kappa shape index (κ3) is 4.11. The minimum absolute atomic E-state index is 0.227. The molecule has 2 nitrogen and oxygen atoms in total. The summed E-state index contributed by atoms with van der Waals surface area (Å²) in [4.78, 5) is 0. The zero-order chi connectivity index (χ0) is 12.8. The topological polar surface area (TPSA) is 38.0 Å². The van der Waals surface area contributed by atoms with Gasteiger partial charge in [-0.05, 0) is 36.7 Å². The van der Waals surface area contributed by atoms with Gasteiger partial charge in [-0.15, -0.1) is 0 Å². The van der Waals surface area contributed by atoms with Gasteiger partial charge in [-0.25, -0.2) is 0 Å². The van der Waals surface area contributed by atoms with E-state index in [1.54, 1.807) is 0 Å². The van der Waals surface area contributed by atoms with Crippen LogP contribution in [-0.2, 0) is 6.42 Å². The molecule has 2 heteroatoms. The van der Waals surface area contributed by atoms with E-state index in [9.17, 15) is 0 Å². The number of hydrogen-bond acceptors (Lipinski definition) is 2. The summed E-state index contributed by atoms with van der Waals surface area (Å²) >= 11 is 0. The number of nitrogens with one attached hydrogen (secondary N) is 1. The van der Waals surface area contributed by atoms with Gasteiger partial charge in [-0.2, -0.15) is 0 Å². The highest BCUT2D eigenvalue weighted by Crippen LogP contribution is 2.48. The van der Waals surface area contributed by atoms with E-state index in [1.807, 2.05) is 0 Å². The lowest BCUT2D eigenvalue weighted by molar-refractivity contribution is 0.411. The summed E-state index contributed by atoms with van der Waals surface area (Å²) in [7, 11) is 0. The molecule has 0 saturated heterocycles. The van der Waals surface area contributed by atoms with E-state index < -0.39 is 0 Å². The van der Waals surface area contributed by atoms with E-state index in [1.165, 1.54) is 31.2 Å². The third-order valence-corrected chi connectivity index (χ3v) is 3.98. The molecule has 0 spiro atoms. The van der Waals surface area contributed by atoms with Crippen LogP contribution < -0.4 is 11.1 Å². The third-order valence-electron chi connectivity index (χ3n) is 3.98. The van der Waals surface area contributed by atoms with Gasteiger partial charge in [0.05, 0.1) is 0 Å². The first kappa shape index (κ1) is 13.6. The van der Waals surface area contributed by atoms with Gasteiger partial charge in [-0.3, -0.25) is 0 Å². The molecule has 2 rings (SSSR count). The molecule has 1 atom stereocenters. The Balaban J connectivity index is 1.65. The van der Waals surface area contributed by atoms with Crippen molar-refractivity contribution in [3.63, 3.8) is 0 Å². The maximum Gasteiger partial charge on any atom is 0.0206 e. The summed E-state index contributed by atoms with van der Waals surface area (Å²) in [5.41, 5.74) is 8.13. The Morgan fingerprint density at radius 1 is 1.28 bits per heavy atom. The molecule has 0 amide bonds. The molecule has 0 heterocycles. The van der Waals surface area contributed by atoms with Gasteiger partial charge in [0.2, 0.25) is 0 Å². The standard InChI is InChI=1S/C16H26N2/c1-2-8-16(9-10-16)13-18-12-15(17)11-14-6-4-3-5-7-14/h3-7,15,18H,2,8-13,17H2,1H3. The summed E-state index contributed by atoms with van der Waals surface area (Å²) in [6.07, 6.45) is 6.45. The van der Waals surface area contributed by atoms with E-state index in [0.717, 1.165) is 19.5 Å². The Morgan fingerprint density at radius 2 is 2.00 bits per heavy atom. The van der Waals surface area contributed by atoms with Crippen molar-refractivity contribution in [1.29, 1.82) is 0 Å². The van der Waals surface area contributed by atoms with E-state index in [-0.39, 0.29) is 6.04 Å². The van der Waals surface area contributed by atoms with E-state index >= 15 is 0 Å². The molecular formula is C16H26N2. The van der Waals surface area contributed by atoms with Crippen LogP contribution in [0, 0.1) is 5.41 Å². The SMILES string of the molecule is CCCC1(CNCC(N)Cc2ccccc2)CC1. The predicted molar refractivity (Wildman–Crippen MR) is 77.6 cm³/mol. The first-order chi connectivity index (χ1) is 8.74. The van der Waals surface area contributed by atoms with Crippen LogP contribution in [0.2, 0.25) is 0 Å². The molecule has 18 heavy (non-hydrogen) atoms. The van der Waals surface area contributed by atoms with Crippen molar-refractivity contribution in [2.75, 3.05) is 13.1 Å². The maximum atomic E-state index is 6.17. The van der Waals surface area contributed by atoms with Crippen LogP contribution in [0.15, 0.2) is 30.3 Å². The Kier molecular flexibility index (Phi) is 4.79. The molecule has 0 aromatic heterocycles. The molecule has 1 fully saturated rings. The summed E-state index contributed by atoms with van der Waals surface area (Å²) in [5.74, 6) is 0. The fourth-order valence-electron chi connectivity index (χ4n) is 2.73. The van der Waals surface area contributed by atoms with Gasteiger partial charge < -0.3 is 11.1 Å². The minimum atomic E-state index is 0.227. The average molecular weight is 246 g/mol. The molecular weight excluding hydrogens is 220 g/mol. The van der Waals surface area contributed by atoms with Crippen molar-refractivity contribution in [1.82, 2.24) is 5.32 Å². The summed E-state index contributed by atoms with van der Waals surface area (Å²) in [6.45, 7) is 4.37. The van der Waals surface area contributed by atoms with E-state index in [2.05, 4.69) is 42.6 Å². The van der Waals surface area contributed by atoms with Crippen molar-refractivity contribution in [3.05, 3.63) is 35.9 Å². The monoisotopic (exact) mass is 246 g/mol. The predicted octanol–water partition coefficient (Wildman–Crippen LogP) is 2.73. The second-order valence-electron chi connectivity index (χ2n) is 5.83. The molecule has 1 aliphatic carbocycles. The second kappa shape index (κ2) is 6.35. The summed E-state index contributed by atoms with van der Waals surface area (Å²) in [6, 6.07) is 10.7. The zero-order valence-electron chi connectivity index (χ0n) is 11.5. The first-order valence-electron chi connectivity index (χ1n) is 7.24. The quantitative estimate of drug-likeness (QED) is 0.740. The minimum Gasteiger partial charge on any atom is -0.326 e. The van der Waals surface area contributed by atoms with Crippen LogP contribution in [0.5, 0.6) is 0 Å². The van der Waals surface area contributed by atoms with Crippen molar-refractivity contribution in [3.8, 4) is 0 Å². The fraction of sp³-hybridized carbons (Fsp3) is 0.625. The summed E-state index contributed by atoms with van der Waals surface area (Å²) in [5, 5.41) is 3.57. The fourth-order valence-corrected chi connectivity index (χ4v) is 2.73. The Hall–Kier alpha value is -0.860. The molecule has 1 aromatic rings. The second-order valence-corrected chi connectivity index (χ2v) is 5.83. The van der Waals surface area contributed by atoms with E-state index in [0.29, 0.717) is 5.41 Å². The highest BCUT2D eigenvalue weighted by atomic mass is 14.9. The van der Waals surface area contributed by atoms with Crippen molar-refractivity contribution in [2.24, 2.45) is 11.1 Å². The highest BCUT2D eigenvalue weighted by molar-refractivity contribution is 5.15. The summed E-state index contributed by atoms with van der Waals surface area (Å²) < 4.78 is 0. The molecule has 100 valence electrons. The normalized spacial score (nSPS) is 18.6. The molecule has 0 radical (unpaired) electrons. The lowest BCUT2D eigenvalue weighted by Gasteiger charge is -2.18. The molecule has 1 unspecified atom stereocenters. The van der Waals surface area contributed by atoms with Gasteiger partial charge in [0.25, 0.3) is 0 Å². The van der Waals surface area contributed by atoms with Crippen molar-refractivity contribution >= 4 is 0 Å². The molecule has 0 aliphatic heterocycles. The van der Waals surface area contributed by atoms with Crippen LogP contribution in [0.4, 0.5) is 0 Å². The van der Waals surface area contributed by atoms with Gasteiger partial charge in [0.1, 0.15) is 0 Å². The Labute approximate surface area is 111 Å². The Bertz CT molecular complexity index is 343. The van der Waals surface area contributed by atoms with Crippen LogP contribution >= 0.6 is 0 Å². The molecule has 1 aliphatic rings. The first-order valence-corrected chi connectivity index (χ1v) is 7.24. The number of rotatable bonds is 8. The van der Waals surface area contributed by atoms with Crippen LogP contribution in [0.1, 0.15) is 38.2 Å². The average Bonchev–Trinajstić information content (AvgIpc) is 3.11. The smallest absolute Gasteiger partial charge is 0.0206 e. The zero-order valence-corrected chi connectivity index (χ0v) is 11.5. The number of nitrogens with two attached hydrogens (primary N) is 1. The Morgan fingerprint density at radius 3 is 2.61 bits per heavy atom.